The first-order valence-corrected chi connectivity index (χ1v) is 9.59. The SMILES string of the molecule is O=[N+]([O-])c1ccc(-c2nn(-c3ccccc3)cc2C=Nc2ccc(Br)cc2)cc1. The first-order chi connectivity index (χ1) is 14.1. The molecular weight excluding hydrogens is 432 g/mol. The molecule has 6 nitrogen and oxygen atoms in total. The molecule has 0 saturated carbocycles. The van der Waals surface area contributed by atoms with Gasteiger partial charge in [-0.1, -0.05) is 34.1 Å². The number of halogens is 1. The number of hydrogen-bond donors (Lipinski definition) is 0. The lowest BCUT2D eigenvalue weighted by atomic mass is 10.1. The Bertz CT molecular complexity index is 1170. The first kappa shape index (κ1) is 18.8. The maximum Gasteiger partial charge on any atom is 0.269 e. The van der Waals surface area contributed by atoms with Crippen molar-refractivity contribution < 1.29 is 4.92 Å². The minimum absolute atomic E-state index is 0.0429. The van der Waals surface area contributed by atoms with Gasteiger partial charge in [0.15, 0.2) is 0 Å². The molecule has 0 amide bonds. The monoisotopic (exact) mass is 446 g/mol. The second-order valence-corrected chi connectivity index (χ2v) is 7.17. The van der Waals surface area contributed by atoms with Crippen LogP contribution in [0.15, 0.2) is 94.5 Å². The highest BCUT2D eigenvalue weighted by molar-refractivity contribution is 9.10. The van der Waals surface area contributed by atoms with E-state index in [9.17, 15) is 10.1 Å². The molecule has 0 aliphatic rings. The molecule has 0 unspecified atom stereocenters. The van der Waals surface area contributed by atoms with Gasteiger partial charge in [0, 0.05) is 40.1 Å². The molecule has 0 aliphatic carbocycles. The number of rotatable bonds is 5. The number of para-hydroxylation sites is 1. The fourth-order valence-electron chi connectivity index (χ4n) is 2.83. The number of non-ortho nitro benzene ring substituents is 1. The zero-order valence-corrected chi connectivity index (χ0v) is 16.7. The van der Waals surface area contributed by atoms with Gasteiger partial charge in [-0.3, -0.25) is 15.1 Å². The van der Waals surface area contributed by atoms with Gasteiger partial charge in [0.1, 0.15) is 5.69 Å². The quantitative estimate of drug-likeness (QED) is 0.215. The Kier molecular flexibility index (Phi) is 5.31. The Morgan fingerprint density at radius 3 is 2.31 bits per heavy atom. The van der Waals surface area contributed by atoms with Gasteiger partial charge >= 0.3 is 0 Å². The summed E-state index contributed by atoms with van der Waals surface area (Å²) in [6.07, 6.45) is 3.65. The van der Waals surface area contributed by atoms with Crippen LogP contribution in [-0.4, -0.2) is 20.9 Å². The highest BCUT2D eigenvalue weighted by atomic mass is 79.9. The van der Waals surface area contributed by atoms with Crippen molar-refractivity contribution in [1.82, 2.24) is 9.78 Å². The van der Waals surface area contributed by atoms with Crippen molar-refractivity contribution in [2.24, 2.45) is 4.99 Å². The van der Waals surface area contributed by atoms with Crippen LogP contribution in [0, 0.1) is 10.1 Å². The summed E-state index contributed by atoms with van der Waals surface area (Å²) < 4.78 is 2.76. The summed E-state index contributed by atoms with van der Waals surface area (Å²) in [5, 5.41) is 15.6. The van der Waals surface area contributed by atoms with E-state index in [0.29, 0.717) is 5.69 Å². The molecular formula is C22H15BrN4O2. The van der Waals surface area contributed by atoms with Gasteiger partial charge in [-0.15, -0.1) is 0 Å². The fourth-order valence-corrected chi connectivity index (χ4v) is 3.10. The minimum atomic E-state index is -0.414. The number of aromatic nitrogens is 2. The standard InChI is InChI=1S/C22H15BrN4O2/c23-18-8-10-19(11-9-18)24-14-17-15-26(20-4-2-1-3-5-20)25-22(17)16-6-12-21(13-7-16)27(28)29/h1-15H. The molecule has 4 rings (SSSR count). The van der Waals surface area contributed by atoms with Gasteiger partial charge < -0.3 is 0 Å². The minimum Gasteiger partial charge on any atom is -0.258 e. The molecule has 0 fully saturated rings. The molecule has 7 heteroatoms. The Morgan fingerprint density at radius 2 is 1.66 bits per heavy atom. The van der Waals surface area contributed by atoms with Crippen molar-refractivity contribution in [1.29, 1.82) is 0 Å². The number of hydrogen-bond acceptors (Lipinski definition) is 4. The van der Waals surface area contributed by atoms with E-state index in [1.54, 1.807) is 23.0 Å². The highest BCUT2D eigenvalue weighted by Gasteiger charge is 2.13. The topological polar surface area (TPSA) is 73.3 Å². The molecule has 0 bridgehead atoms. The molecule has 0 spiro atoms. The Hall–Kier alpha value is -3.58. The maximum absolute atomic E-state index is 10.9. The Labute approximate surface area is 175 Å². The van der Waals surface area contributed by atoms with Gasteiger partial charge in [0.2, 0.25) is 0 Å². The number of nitro benzene ring substituents is 1. The molecule has 3 aromatic carbocycles. The van der Waals surface area contributed by atoms with E-state index < -0.39 is 4.92 Å². The van der Waals surface area contributed by atoms with Gasteiger partial charge in [0.25, 0.3) is 5.69 Å². The van der Waals surface area contributed by atoms with Crippen LogP contribution in [0.4, 0.5) is 11.4 Å². The van der Waals surface area contributed by atoms with Crippen molar-refractivity contribution >= 4 is 33.5 Å². The molecule has 29 heavy (non-hydrogen) atoms. The lowest BCUT2D eigenvalue weighted by molar-refractivity contribution is -0.384. The number of nitrogens with zero attached hydrogens (tertiary/aromatic N) is 4. The van der Waals surface area contributed by atoms with Crippen molar-refractivity contribution in [2.45, 2.75) is 0 Å². The molecule has 4 aromatic rings. The maximum atomic E-state index is 10.9. The number of aliphatic imine (C=N–C) groups is 1. The average Bonchev–Trinajstić information content (AvgIpc) is 3.18. The molecule has 142 valence electrons. The van der Waals surface area contributed by atoms with E-state index in [1.807, 2.05) is 60.8 Å². The second-order valence-electron chi connectivity index (χ2n) is 6.25. The summed E-state index contributed by atoms with van der Waals surface area (Å²) in [6.45, 7) is 0. The normalized spacial score (nSPS) is 11.1. The van der Waals surface area contributed by atoms with Crippen molar-refractivity contribution in [2.75, 3.05) is 0 Å². The van der Waals surface area contributed by atoms with Crippen LogP contribution in [0.25, 0.3) is 16.9 Å². The van der Waals surface area contributed by atoms with E-state index in [1.165, 1.54) is 12.1 Å². The predicted octanol–water partition coefficient (Wildman–Crippen LogP) is 5.96. The van der Waals surface area contributed by atoms with Crippen LogP contribution in [0.2, 0.25) is 0 Å². The highest BCUT2D eigenvalue weighted by Crippen LogP contribution is 2.26. The molecule has 1 aromatic heterocycles. The molecule has 0 radical (unpaired) electrons. The van der Waals surface area contributed by atoms with E-state index in [2.05, 4.69) is 20.9 Å². The largest absolute Gasteiger partial charge is 0.269 e. The third kappa shape index (κ3) is 4.30. The van der Waals surface area contributed by atoms with Gasteiger partial charge in [-0.25, -0.2) is 4.68 Å². The van der Waals surface area contributed by atoms with Crippen LogP contribution in [-0.2, 0) is 0 Å². The van der Waals surface area contributed by atoms with E-state index >= 15 is 0 Å². The smallest absolute Gasteiger partial charge is 0.258 e. The molecule has 1 heterocycles. The first-order valence-electron chi connectivity index (χ1n) is 8.80. The summed E-state index contributed by atoms with van der Waals surface area (Å²) in [6, 6.07) is 23.8. The zero-order valence-electron chi connectivity index (χ0n) is 15.1. The van der Waals surface area contributed by atoms with Crippen LogP contribution in [0.5, 0.6) is 0 Å². The summed E-state index contributed by atoms with van der Waals surface area (Å²) in [5.41, 5.74) is 4.06. The van der Waals surface area contributed by atoms with Gasteiger partial charge in [0.05, 0.1) is 16.3 Å². The third-order valence-electron chi connectivity index (χ3n) is 4.29. The van der Waals surface area contributed by atoms with Crippen molar-refractivity contribution in [3.63, 3.8) is 0 Å². The average molecular weight is 447 g/mol. The fraction of sp³-hybridized carbons (Fsp3) is 0. The zero-order chi connectivity index (χ0) is 20.2. The third-order valence-corrected chi connectivity index (χ3v) is 4.82. The number of benzene rings is 3. The predicted molar refractivity (Wildman–Crippen MR) is 117 cm³/mol. The van der Waals surface area contributed by atoms with E-state index in [-0.39, 0.29) is 5.69 Å². The van der Waals surface area contributed by atoms with Gasteiger partial charge in [-0.05, 0) is 48.5 Å². The second kappa shape index (κ2) is 8.20. The van der Waals surface area contributed by atoms with Crippen LogP contribution in [0.3, 0.4) is 0 Å². The number of nitro groups is 1. The lowest BCUT2D eigenvalue weighted by Crippen LogP contribution is -1.94. The van der Waals surface area contributed by atoms with E-state index in [0.717, 1.165) is 27.0 Å². The molecule has 0 atom stereocenters. The van der Waals surface area contributed by atoms with Gasteiger partial charge in [-0.2, -0.15) is 5.10 Å². The Balaban J connectivity index is 1.76. The summed E-state index contributed by atoms with van der Waals surface area (Å²) in [7, 11) is 0. The molecule has 0 saturated heterocycles. The van der Waals surface area contributed by atoms with Crippen LogP contribution >= 0.6 is 15.9 Å². The summed E-state index contributed by atoms with van der Waals surface area (Å²) in [4.78, 5) is 15.1. The Morgan fingerprint density at radius 1 is 0.966 bits per heavy atom. The van der Waals surface area contributed by atoms with Crippen LogP contribution in [0.1, 0.15) is 5.56 Å². The lowest BCUT2D eigenvalue weighted by Gasteiger charge is -2.00. The molecule has 0 aliphatic heterocycles. The van der Waals surface area contributed by atoms with Crippen molar-refractivity contribution in [3.05, 3.63) is 105 Å². The van der Waals surface area contributed by atoms with Crippen LogP contribution < -0.4 is 0 Å². The summed E-state index contributed by atoms with van der Waals surface area (Å²) in [5.74, 6) is 0. The van der Waals surface area contributed by atoms with E-state index in [4.69, 9.17) is 5.10 Å². The van der Waals surface area contributed by atoms with Crippen molar-refractivity contribution in [3.8, 4) is 16.9 Å². The molecule has 0 N–H and O–H groups in total. The summed E-state index contributed by atoms with van der Waals surface area (Å²) >= 11 is 3.42.